The van der Waals surface area contributed by atoms with E-state index in [0.717, 1.165) is 19.3 Å². The van der Waals surface area contributed by atoms with Crippen LogP contribution in [0.3, 0.4) is 0 Å². The monoisotopic (exact) mass is 271 g/mol. The molecule has 1 unspecified atom stereocenters. The van der Waals surface area contributed by atoms with Gasteiger partial charge in [-0.25, -0.2) is 0 Å². The highest BCUT2D eigenvalue weighted by molar-refractivity contribution is 5.78. The average Bonchev–Trinajstić information content (AvgIpc) is 2.40. The zero-order valence-electron chi connectivity index (χ0n) is 12.7. The molecule has 0 saturated heterocycles. The van der Waals surface area contributed by atoms with Gasteiger partial charge in [0.05, 0.1) is 6.54 Å². The molecule has 5 nitrogen and oxygen atoms in total. The lowest BCUT2D eigenvalue weighted by molar-refractivity contribution is -0.123. The Morgan fingerprint density at radius 2 is 1.58 bits per heavy atom. The number of amides is 2. The first-order valence-corrected chi connectivity index (χ1v) is 7.32. The van der Waals surface area contributed by atoms with E-state index >= 15 is 0 Å². The Morgan fingerprint density at radius 1 is 0.947 bits per heavy atom. The molecule has 0 rings (SSSR count). The minimum absolute atomic E-state index is 0.00367. The quantitative estimate of drug-likeness (QED) is 0.523. The fraction of sp³-hybridized carbons (Fsp3) is 0.857. The van der Waals surface area contributed by atoms with Gasteiger partial charge in [-0.1, -0.05) is 20.8 Å². The van der Waals surface area contributed by atoms with Gasteiger partial charge in [-0.05, 0) is 26.2 Å². The Kier molecular flexibility index (Phi) is 10.2. The van der Waals surface area contributed by atoms with Gasteiger partial charge in [0, 0.05) is 25.0 Å². The molecule has 0 bridgehead atoms. The van der Waals surface area contributed by atoms with Crippen LogP contribution >= 0.6 is 0 Å². The van der Waals surface area contributed by atoms with Gasteiger partial charge in [0.15, 0.2) is 0 Å². The second kappa shape index (κ2) is 10.8. The van der Waals surface area contributed by atoms with Crippen LogP contribution in [0.2, 0.25) is 0 Å². The molecule has 0 aromatic carbocycles. The van der Waals surface area contributed by atoms with Crippen LogP contribution in [0.15, 0.2) is 0 Å². The van der Waals surface area contributed by atoms with Crippen LogP contribution in [0.4, 0.5) is 0 Å². The summed E-state index contributed by atoms with van der Waals surface area (Å²) in [4.78, 5) is 23.0. The topological polar surface area (TPSA) is 70.2 Å². The maximum absolute atomic E-state index is 11.6. The van der Waals surface area contributed by atoms with E-state index in [2.05, 4.69) is 29.8 Å². The third-order valence-corrected chi connectivity index (χ3v) is 3.18. The fourth-order valence-electron chi connectivity index (χ4n) is 1.62. The van der Waals surface area contributed by atoms with E-state index in [1.54, 1.807) is 0 Å². The van der Waals surface area contributed by atoms with Crippen LogP contribution in [0, 0.1) is 0 Å². The Hall–Kier alpha value is -1.10. The van der Waals surface area contributed by atoms with Crippen LogP contribution in [0.1, 0.15) is 53.4 Å². The smallest absolute Gasteiger partial charge is 0.234 e. The summed E-state index contributed by atoms with van der Waals surface area (Å²) in [6, 6.07) is 0.466. The van der Waals surface area contributed by atoms with Crippen LogP contribution < -0.4 is 16.0 Å². The van der Waals surface area contributed by atoms with Crippen LogP contribution in [-0.2, 0) is 9.59 Å². The third-order valence-electron chi connectivity index (χ3n) is 3.18. The van der Waals surface area contributed by atoms with Crippen molar-refractivity contribution in [2.24, 2.45) is 0 Å². The highest BCUT2D eigenvalue weighted by Gasteiger charge is 2.08. The zero-order valence-corrected chi connectivity index (χ0v) is 12.7. The molecular weight excluding hydrogens is 242 g/mol. The summed E-state index contributed by atoms with van der Waals surface area (Å²) in [7, 11) is 0. The molecule has 112 valence electrons. The lowest BCUT2D eigenvalue weighted by atomic mass is 10.2. The van der Waals surface area contributed by atoms with E-state index in [1.807, 2.05) is 13.8 Å². The molecule has 0 saturated carbocycles. The number of hydrogen-bond acceptors (Lipinski definition) is 3. The van der Waals surface area contributed by atoms with E-state index in [0.29, 0.717) is 13.0 Å². The summed E-state index contributed by atoms with van der Waals surface area (Å²) < 4.78 is 0. The normalized spacial score (nSPS) is 12.3. The average molecular weight is 271 g/mol. The highest BCUT2D eigenvalue weighted by atomic mass is 16.2. The van der Waals surface area contributed by atoms with E-state index < -0.39 is 0 Å². The highest BCUT2D eigenvalue weighted by Crippen LogP contribution is 1.95. The molecule has 1 atom stereocenters. The summed E-state index contributed by atoms with van der Waals surface area (Å²) in [6.45, 7) is 8.92. The summed E-state index contributed by atoms with van der Waals surface area (Å²) in [5.41, 5.74) is 0. The molecular formula is C14H29N3O2. The molecule has 0 aliphatic heterocycles. The summed E-state index contributed by atoms with van der Waals surface area (Å²) >= 11 is 0. The predicted molar refractivity (Wildman–Crippen MR) is 77.9 cm³/mol. The third kappa shape index (κ3) is 9.47. The molecule has 0 aromatic heterocycles. The van der Waals surface area contributed by atoms with Gasteiger partial charge in [0.2, 0.25) is 11.8 Å². The van der Waals surface area contributed by atoms with Crippen LogP contribution in [0.25, 0.3) is 0 Å². The molecule has 0 aliphatic rings. The maximum atomic E-state index is 11.6. The SMILES string of the molecule is CCC(C)NC(=O)CCNCC(=O)NC(CC)CC. The Balaban J connectivity index is 3.63. The van der Waals surface area contributed by atoms with Crippen molar-refractivity contribution in [3.63, 3.8) is 0 Å². The van der Waals surface area contributed by atoms with E-state index in [-0.39, 0.29) is 30.4 Å². The first kappa shape index (κ1) is 17.9. The van der Waals surface area contributed by atoms with Gasteiger partial charge in [0.25, 0.3) is 0 Å². The number of hydrogen-bond donors (Lipinski definition) is 3. The second-order valence-electron chi connectivity index (χ2n) is 4.88. The van der Waals surface area contributed by atoms with Gasteiger partial charge in [0.1, 0.15) is 0 Å². The van der Waals surface area contributed by atoms with Gasteiger partial charge in [-0.15, -0.1) is 0 Å². The van der Waals surface area contributed by atoms with Crippen LogP contribution in [-0.4, -0.2) is 37.0 Å². The van der Waals surface area contributed by atoms with Crippen LogP contribution in [0.5, 0.6) is 0 Å². The number of carbonyl (C=O) groups is 2. The Bertz CT molecular complexity index is 265. The number of carbonyl (C=O) groups excluding carboxylic acids is 2. The molecule has 3 N–H and O–H groups in total. The molecule has 0 heterocycles. The van der Waals surface area contributed by atoms with E-state index in [9.17, 15) is 9.59 Å². The minimum atomic E-state index is -0.00367. The Morgan fingerprint density at radius 3 is 2.11 bits per heavy atom. The summed E-state index contributed by atoms with van der Waals surface area (Å²) in [5.74, 6) is 0.0262. The lowest BCUT2D eigenvalue weighted by Gasteiger charge is -2.15. The molecule has 0 aromatic rings. The molecule has 19 heavy (non-hydrogen) atoms. The van der Waals surface area contributed by atoms with Crippen molar-refractivity contribution in [1.29, 1.82) is 0 Å². The number of rotatable bonds is 10. The molecule has 0 spiro atoms. The van der Waals surface area contributed by atoms with E-state index in [4.69, 9.17) is 0 Å². The van der Waals surface area contributed by atoms with Crippen molar-refractivity contribution in [3.8, 4) is 0 Å². The summed E-state index contributed by atoms with van der Waals surface area (Å²) in [5, 5.41) is 8.82. The first-order chi connectivity index (χ1) is 9.03. The standard InChI is InChI=1S/C14H29N3O2/c1-5-11(4)16-13(18)8-9-15-10-14(19)17-12(6-2)7-3/h11-12,15H,5-10H2,1-4H3,(H,16,18)(H,17,19). The van der Waals surface area contributed by atoms with Crippen molar-refractivity contribution in [1.82, 2.24) is 16.0 Å². The molecule has 0 radical (unpaired) electrons. The zero-order chi connectivity index (χ0) is 14.7. The molecule has 2 amide bonds. The first-order valence-electron chi connectivity index (χ1n) is 7.32. The maximum Gasteiger partial charge on any atom is 0.234 e. The minimum Gasteiger partial charge on any atom is -0.354 e. The largest absolute Gasteiger partial charge is 0.354 e. The number of nitrogens with one attached hydrogen (secondary N) is 3. The van der Waals surface area contributed by atoms with E-state index in [1.165, 1.54) is 0 Å². The van der Waals surface area contributed by atoms with Crippen molar-refractivity contribution in [3.05, 3.63) is 0 Å². The van der Waals surface area contributed by atoms with Crippen molar-refractivity contribution in [2.75, 3.05) is 13.1 Å². The molecule has 0 fully saturated rings. The molecule has 5 heteroatoms. The molecule has 0 aliphatic carbocycles. The van der Waals surface area contributed by atoms with Crippen molar-refractivity contribution < 1.29 is 9.59 Å². The lowest BCUT2D eigenvalue weighted by Crippen LogP contribution is -2.41. The van der Waals surface area contributed by atoms with Crippen molar-refractivity contribution in [2.45, 2.75) is 65.5 Å². The second-order valence-corrected chi connectivity index (χ2v) is 4.88. The van der Waals surface area contributed by atoms with Gasteiger partial charge >= 0.3 is 0 Å². The van der Waals surface area contributed by atoms with Gasteiger partial charge in [-0.3, -0.25) is 9.59 Å². The van der Waals surface area contributed by atoms with Crippen molar-refractivity contribution >= 4 is 11.8 Å². The fourth-order valence-corrected chi connectivity index (χ4v) is 1.62. The summed E-state index contributed by atoms with van der Waals surface area (Å²) in [6.07, 6.45) is 3.22. The van der Waals surface area contributed by atoms with Gasteiger partial charge < -0.3 is 16.0 Å². The predicted octanol–water partition coefficient (Wildman–Crippen LogP) is 1.19. The Labute approximate surface area is 116 Å². The van der Waals surface area contributed by atoms with Gasteiger partial charge in [-0.2, -0.15) is 0 Å².